The quantitative estimate of drug-likeness (QED) is 0.517. The van der Waals surface area contributed by atoms with Crippen LogP contribution in [0, 0.1) is 17.8 Å². The van der Waals surface area contributed by atoms with Crippen molar-refractivity contribution in [2.75, 3.05) is 0 Å². The van der Waals surface area contributed by atoms with Crippen molar-refractivity contribution >= 4 is 5.97 Å². The number of fused-ring (bicyclic) bond motifs is 1. The van der Waals surface area contributed by atoms with Crippen LogP contribution in [0.5, 0.6) is 0 Å². The lowest BCUT2D eigenvalue weighted by Crippen LogP contribution is -2.27. The standard InChI is InChI=1S/C10H16O2/c1-6-4-5-7-8(6)9(11)12-10(7,2)3/h6-8H,4-5H2,1-3H3. The second-order valence-corrected chi connectivity index (χ2v) is 4.71. The normalized spacial score (nSPS) is 44.2. The molecule has 0 radical (unpaired) electrons. The third kappa shape index (κ3) is 0.900. The molecule has 68 valence electrons. The molecule has 3 unspecified atom stereocenters. The average Bonchev–Trinajstić information content (AvgIpc) is 2.38. The Hall–Kier alpha value is -0.530. The summed E-state index contributed by atoms with van der Waals surface area (Å²) in [4.78, 5) is 11.5. The van der Waals surface area contributed by atoms with E-state index in [4.69, 9.17) is 4.74 Å². The van der Waals surface area contributed by atoms with Gasteiger partial charge < -0.3 is 4.74 Å². The smallest absolute Gasteiger partial charge is 0.310 e. The Balaban J connectivity index is 2.29. The summed E-state index contributed by atoms with van der Waals surface area (Å²) in [6.45, 7) is 6.23. The van der Waals surface area contributed by atoms with Crippen LogP contribution in [0.1, 0.15) is 33.6 Å². The number of carbonyl (C=O) groups excluding carboxylic acids is 1. The van der Waals surface area contributed by atoms with Crippen molar-refractivity contribution in [2.45, 2.75) is 39.2 Å². The minimum atomic E-state index is -0.202. The molecule has 2 rings (SSSR count). The minimum Gasteiger partial charge on any atom is -0.459 e. The predicted molar refractivity (Wildman–Crippen MR) is 45.5 cm³/mol. The van der Waals surface area contributed by atoms with E-state index in [1.54, 1.807) is 0 Å². The summed E-state index contributed by atoms with van der Waals surface area (Å²) >= 11 is 0. The number of rotatable bonds is 0. The molecule has 12 heavy (non-hydrogen) atoms. The fourth-order valence-electron chi connectivity index (χ4n) is 2.78. The molecular formula is C10H16O2. The van der Waals surface area contributed by atoms with Gasteiger partial charge in [-0.25, -0.2) is 0 Å². The molecule has 0 amide bonds. The van der Waals surface area contributed by atoms with Crippen molar-refractivity contribution in [1.29, 1.82) is 0 Å². The van der Waals surface area contributed by atoms with Crippen LogP contribution in [-0.4, -0.2) is 11.6 Å². The van der Waals surface area contributed by atoms with Gasteiger partial charge in [0.25, 0.3) is 0 Å². The Morgan fingerprint density at radius 2 is 2.08 bits per heavy atom. The van der Waals surface area contributed by atoms with Crippen LogP contribution in [0.15, 0.2) is 0 Å². The van der Waals surface area contributed by atoms with E-state index < -0.39 is 0 Å². The molecule has 0 aromatic rings. The number of esters is 1. The lowest BCUT2D eigenvalue weighted by molar-refractivity contribution is -0.150. The molecule has 2 fully saturated rings. The fourth-order valence-corrected chi connectivity index (χ4v) is 2.78. The van der Waals surface area contributed by atoms with Crippen molar-refractivity contribution in [3.8, 4) is 0 Å². The highest BCUT2D eigenvalue weighted by Crippen LogP contribution is 2.49. The topological polar surface area (TPSA) is 26.3 Å². The summed E-state index contributed by atoms with van der Waals surface area (Å²) in [5.74, 6) is 1.24. The van der Waals surface area contributed by atoms with Gasteiger partial charge in [0.2, 0.25) is 0 Å². The number of hydrogen-bond acceptors (Lipinski definition) is 2. The van der Waals surface area contributed by atoms with E-state index in [-0.39, 0.29) is 17.5 Å². The molecule has 2 nitrogen and oxygen atoms in total. The van der Waals surface area contributed by atoms with Gasteiger partial charge in [-0.2, -0.15) is 0 Å². The molecule has 2 aliphatic rings. The number of ether oxygens (including phenoxy) is 1. The van der Waals surface area contributed by atoms with Crippen LogP contribution >= 0.6 is 0 Å². The van der Waals surface area contributed by atoms with Crippen LogP contribution in [0.3, 0.4) is 0 Å². The van der Waals surface area contributed by atoms with E-state index in [2.05, 4.69) is 6.92 Å². The maximum atomic E-state index is 11.5. The number of hydrogen-bond donors (Lipinski definition) is 0. The van der Waals surface area contributed by atoms with Gasteiger partial charge in [-0.3, -0.25) is 4.79 Å². The molecule has 1 aliphatic carbocycles. The lowest BCUT2D eigenvalue weighted by atomic mass is 9.83. The molecule has 1 heterocycles. The largest absolute Gasteiger partial charge is 0.459 e. The van der Waals surface area contributed by atoms with Crippen molar-refractivity contribution < 1.29 is 9.53 Å². The van der Waals surface area contributed by atoms with E-state index in [0.29, 0.717) is 11.8 Å². The van der Waals surface area contributed by atoms with Gasteiger partial charge in [-0.1, -0.05) is 6.92 Å². The van der Waals surface area contributed by atoms with Crippen molar-refractivity contribution in [2.24, 2.45) is 17.8 Å². The highest BCUT2D eigenvalue weighted by molar-refractivity contribution is 5.76. The maximum Gasteiger partial charge on any atom is 0.310 e. The summed E-state index contributed by atoms with van der Waals surface area (Å²) in [6, 6.07) is 0. The van der Waals surface area contributed by atoms with E-state index in [1.807, 2.05) is 13.8 Å². The second kappa shape index (κ2) is 2.24. The van der Waals surface area contributed by atoms with Crippen LogP contribution in [-0.2, 0) is 9.53 Å². The van der Waals surface area contributed by atoms with E-state index in [0.717, 1.165) is 6.42 Å². The summed E-state index contributed by atoms with van der Waals surface area (Å²) in [5, 5.41) is 0. The second-order valence-electron chi connectivity index (χ2n) is 4.71. The zero-order valence-electron chi connectivity index (χ0n) is 7.96. The third-order valence-corrected chi connectivity index (χ3v) is 3.51. The lowest BCUT2D eigenvalue weighted by Gasteiger charge is -2.22. The molecule has 0 bridgehead atoms. The SMILES string of the molecule is CC1CCC2C1C(=O)OC2(C)C. The maximum absolute atomic E-state index is 11.5. The Labute approximate surface area is 73.3 Å². The molecule has 1 saturated carbocycles. The van der Waals surface area contributed by atoms with Gasteiger partial charge in [0.1, 0.15) is 5.60 Å². The monoisotopic (exact) mass is 168 g/mol. The highest BCUT2D eigenvalue weighted by atomic mass is 16.6. The molecule has 1 aliphatic heterocycles. The van der Waals surface area contributed by atoms with Crippen LogP contribution < -0.4 is 0 Å². The Kier molecular flexibility index (Phi) is 1.51. The summed E-state index contributed by atoms with van der Waals surface area (Å²) in [6.07, 6.45) is 2.35. The molecule has 0 aromatic carbocycles. The average molecular weight is 168 g/mol. The van der Waals surface area contributed by atoms with Crippen LogP contribution in [0.4, 0.5) is 0 Å². The van der Waals surface area contributed by atoms with Crippen molar-refractivity contribution in [3.63, 3.8) is 0 Å². The molecule has 1 saturated heterocycles. The van der Waals surface area contributed by atoms with Gasteiger partial charge >= 0.3 is 5.97 Å². The van der Waals surface area contributed by atoms with Gasteiger partial charge in [-0.05, 0) is 32.6 Å². The van der Waals surface area contributed by atoms with Gasteiger partial charge in [0, 0.05) is 5.92 Å². The summed E-state index contributed by atoms with van der Waals surface area (Å²) < 4.78 is 5.35. The van der Waals surface area contributed by atoms with Gasteiger partial charge in [-0.15, -0.1) is 0 Å². The molecule has 2 heteroatoms. The first kappa shape index (κ1) is 8.09. The van der Waals surface area contributed by atoms with Crippen molar-refractivity contribution in [1.82, 2.24) is 0 Å². The third-order valence-electron chi connectivity index (χ3n) is 3.51. The molecule has 0 spiro atoms. The number of cyclic esters (lactones) is 1. The van der Waals surface area contributed by atoms with Gasteiger partial charge in [0.15, 0.2) is 0 Å². The Bertz CT molecular complexity index is 220. The zero-order chi connectivity index (χ0) is 8.93. The summed E-state index contributed by atoms with van der Waals surface area (Å²) in [7, 11) is 0. The van der Waals surface area contributed by atoms with Crippen LogP contribution in [0.25, 0.3) is 0 Å². The first-order chi connectivity index (χ1) is 5.52. The molecule has 0 N–H and O–H groups in total. The first-order valence-corrected chi connectivity index (χ1v) is 4.75. The molecule has 0 aromatic heterocycles. The van der Waals surface area contributed by atoms with E-state index in [1.165, 1.54) is 6.42 Å². The fraction of sp³-hybridized carbons (Fsp3) is 0.900. The van der Waals surface area contributed by atoms with E-state index in [9.17, 15) is 4.79 Å². The Morgan fingerprint density at radius 1 is 1.42 bits per heavy atom. The van der Waals surface area contributed by atoms with Crippen molar-refractivity contribution in [3.05, 3.63) is 0 Å². The highest BCUT2D eigenvalue weighted by Gasteiger charge is 2.54. The molecule has 3 atom stereocenters. The van der Waals surface area contributed by atoms with Gasteiger partial charge in [0.05, 0.1) is 5.92 Å². The minimum absolute atomic E-state index is 0.0370. The number of carbonyl (C=O) groups is 1. The zero-order valence-corrected chi connectivity index (χ0v) is 7.96. The van der Waals surface area contributed by atoms with Crippen LogP contribution in [0.2, 0.25) is 0 Å². The predicted octanol–water partition coefficient (Wildman–Crippen LogP) is 1.98. The molecular weight excluding hydrogens is 152 g/mol. The Morgan fingerprint density at radius 3 is 2.67 bits per heavy atom. The van der Waals surface area contributed by atoms with E-state index >= 15 is 0 Å². The summed E-state index contributed by atoms with van der Waals surface area (Å²) in [5.41, 5.74) is -0.202. The first-order valence-electron chi connectivity index (χ1n) is 4.75.